The summed E-state index contributed by atoms with van der Waals surface area (Å²) in [6.45, 7) is 2.04. The average molecular weight is 454 g/mol. The summed E-state index contributed by atoms with van der Waals surface area (Å²) in [5.74, 6) is -0.583. The Hall–Kier alpha value is -0.580. The van der Waals surface area contributed by atoms with Crippen molar-refractivity contribution in [3.63, 3.8) is 0 Å². The predicted molar refractivity (Wildman–Crippen MR) is 101 cm³/mol. The Labute approximate surface area is 173 Å². The molecule has 5 atom stereocenters. The Morgan fingerprint density at radius 2 is 1.23 bits per heavy atom. The molecule has 3 rings (SSSR count). The van der Waals surface area contributed by atoms with Gasteiger partial charge in [-0.25, -0.2) is 17.6 Å². The van der Waals surface area contributed by atoms with E-state index in [-0.39, 0.29) is 41.1 Å². The van der Waals surface area contributed by atoms with E-state index in [1.165, 1.54) is 0 Å². The highest BCUT2D eigenvalue weighted by atomic mass is 19.3. The van der Waals surface area contributed by atoms with Crippen LogP contribution in [0.5, 0.6) is 0 Å². The fourth-order valence-electron chi connectivity index (χ4n) is 5.25. The van der Waals surface area contributed by atoms with Crippen molar-refractivity contribution in [3.05, 3.63) is 0 Å². The molecule has 0 radical (unpaired) electrons. The molecule has 4 nitrogen and oxygen atoms in total. The molecule has 6 N–H and O–H groups in total. The van der Waals surface area contributed by atoms with E-state index in [1.54, 1.807) is 0 Å². The first-order chi connectivity index (χ1) is 12.7. The fraction of sp³-hybridized carbons (Fsp3) is 1.00. The van der Waals surface area contributed by atoms with Crippen molar-refractivity contribution in [1.82, 2.24) is 0 Å². The summed E-state index contributed by atoms with van der Waals surface area (Å²) in [6.07, 6.45) is -9.41. The molecule has 10 heteroatoms. The molecule has 0 bridgehead atoms. The largest absolute Gasteiger partial charge is 0.412 e. The molecule has 3 aliphatic rings. The summed E-state index contributed by atoms with van der Waals surface area (Å²) in [7, 11) is 0. The number of hydrogen-bond donors (Lipinski definition) is 0. The van der Waals surface area contributed by atoms with E-state index >= 15 is 0 Å². The zero-order valence-electron chi connectivity index (χ0n) is 17.2. The van der Waals surface area contributed by atoms with Crippen LogP contribution in [0.4, 0.5) is 26.3 Å². The Balaban J connectivity index is 0.00000280. The lowest BCUT2D eigenvalue weighted by Gasteiger charge is -2.41. The van der Waals surface area contributed by atoms with Crippen LogP contribution in [-0.4, -0.2) is 53.3 Å². The van der Waals surface area contributed by atoms with Gasteiger partial charge in [0.25, 0.3) is 0 Å². The van der Waals surface area contributed by atoms with Crippen molar-refractivity contribution < 1.29 is 47.5 Å². The minimum atomic E-state index is -3.49. The van der Waals surface area contributed by atoms with E-state index in [9.17, 15) is 26.3 Å². The van der Waals surface area contributed by atoms with Crippen LogP contribution in [0.2, 0.25) is 0 Å². The first kappa shape index (κ1) is 29.4. The lowest BCUT2D eigenvalue weighted by molar-refractivity contribution is -0.306. The molecule has 3 aliphatic carbocycles. The summed E-state index contributed by atoms with van der Waals surface area (Å²) in [4.78, 5) is 0. The maximum Gasteiger partial charge on any atom is 0.358 e. The number of rotatable bonds is 4. The van der Waals surface area contributed by atoms with Gasteiger partial charge in [0, 0.05) is 12.8 Å². The highest BCUT2D eigenvalue weighted by Gasteiger charge is 2.49. The lowest BCUT2D eigenvalue weighted by atomic mass is 9.68. The van der Waals surface area contributed by atoms with Gasteiger partial charge in [-0.15, -0.1) is 0 Å². The Kier molecular flexibility index (Phi) is 11.6. The molecule has 182 valence electrons. The van der Waals surface area contributed by atoms with Crippen LogP contribution < -0.4 is 0 Å². The number of alkyl halides is 6. The van der Waals surface area contributed by atoms with Crippen molar-refractivity contribution in [3.8, 4) is 0 Å². The van der Waals surface area contributed by atoms with Crippen LogP contribution in [0.25, 0.3) is 0 Å². The molecule has 0 aliphatic heterocycles. The summed E-state index contributed by atoms with van der Waals surface area (Å²) in [5.41, 5.74) is 0. The maximum atomic E-state index is 14.5. The molecule has 0 aromatic heterocycles. The molecular formula is C20H36F6O4. The summed E-state index contributed by atoms with van der Waals surface area (Å²) >= 11 is 0. The molecule has 0 amide bonds. The third kappa shape index (κ3) is 6.71. The zero-order valence-corrected chi connectivity index (χ0v) is 17.2. The second kappa shape index (κ2) is 11.9. The monoisotopic (exact) mass is 454 g/mol. The van der Waals surface area contributed by atoms with Crippen molar-refractivity contribution in [1.29, 1.82) is 0 Å². The van der Waals surface area contributed by atoms with Gasteiger partial charge in [-0.3, -0.25) is 0 Å². The van der Waals surface area contributed by atoms with E-state index in [4.69, 9.17) is 4.74 Å². The van der Waals surface area contributed by atoms with Crippen LogP contribution in [0.3, 0.4) is 0 Å². The Morgan fingerprint density at radius 1 is 0.700 bits per heavy atom. The summed E-state index contributed by atoms with van der Waals surface area (Å²) in [6, 6.07) is 0. The highest BCUT2D eigenvalue weighted by molar-refractivity contribution is 4.90. The normalized spacial score (nSPS) is 42.3. The molecule has 5 unspecified atom stereocenters. The van der Waals surface area contributed by atoms with Crippen LogP contribution in [0, 0.1) is 23.7 Å². The standard InChI is InChI=1S/C20H30F6O.3H2O/c1-11-2-7-15(16(21)8-11)12-3-5-13(6-4-12)20(25,26)27-14-9-17(22)19(24)18(23)10-14;;;/h11-19H,2-10H2,1H3;3*1H2. The SMILES string of the molecule is CC1CCC(C2CCC(C(F)(F)OC3CC(F)C(F)C(F)C3)CC2)C(F)C1.O.O.O. The molecule has 3 saturated carbocycles. The first-order valence-corrected chi connectivity index (χ1v) is 10.3. The first-order valence-electron chi connectivity index (χ1n) is 10.3. The third-order valence-electron chi connectivity index (χ3n) is 6.93. The van der Waals surface area contributed by atoms with Crippen molar-refractivity contribution in [2.75, 3.05) is 0 Å². The maximum absolute atomic E-state index is 14.5. The smallest absolute Gasteiger partial charge is 0.358 e. The van der Waals surface area contributed by atoms with Gasteiger partial charge in [0.05, 0.1) is 12.0 Å². The van der Waals surface area contributed by atoms with Gasteiger partial charge in [-0.1, -0.05) is 13.3 Å². The molecule has 0 heterocycles. The quantitative estimate of drug-likeness (QED) is 0.591. The number of hydrogen-bond acceptors (Lipinski definition) is 1. The lowest BCUT2D eigenvalue weighted by Crippen LogP contribution is -2.45. The van der Waals surface area contributed by atoms with Crippen molar-refractivity contribution >= 4 is 0 Å². The second-order valence-electron chi connectivity index (χ2n) is 8.96. The molecule has 0 saturated heterocycles. The molecular weight excluding hydrogens is 418 g/mol. The van der Waals surface area contributed by atoms with Crippen LogP contribution >= 0.6 is 0 Å². The van der Waals surface area contributed by atoms with Crippen molar-refractivity contribution in [2.45, 2.75) is 102 Å². The Bertz CT molecular complexity index is 480. The topological polar surface area (TPSA) is 104 Å². The highest BCUT2D eigenvalue weighted by Crippen LogP contribution is 2.47. The van der Waals surface area contributed by atoms with Gasteiger partial charge >= 0.3 is 6.11 Å². The molecule has 30 heavy (non-hydrogen) atoms. The molecule has 0 aromatic carbocycles. The number of ether oxygens (including phenoxy) is 1. The molecule has 3 fully saturated rings. The van der Waals surface area contributed by atoms with E-state index in [2.05, 4.69) is 0 Å². The van der Waals surface area contributed by atoms with Crippen LogP contribution in [0.1, 0.15) is 64.7 Å². The van der Waals surface area contributed by atoms with Gasteiger partial charge in [0.15, 0.2) is 6.17 Å². The second-order valence-corrected chi connectivity index (χ2v) is 8.96. The Morgan fingerprint density at radius 3 is 1.73 bits per heavy atom. The summed E-state index contributed by atoms with van der Waals surface area (Å²) < 4.78 is 88.2. The van der Waals surface area contributed by atoms with Gasteiger partial charge < -0.3 is 21.2 Å². The van der Waals surface area contributed by atoms with Gasteiger partial charge in [0.1, 0.15) is 18.5 Å². The third-order valence-corrected chi connectivity index (χ3v) is 6.93. The van der Waals surface area contributed by atoms with Gasteiger partial charge in [-0.05, 0) is 56.3 Å². The zero-order chi connectivity index (χ0) is 19.8. The average Bonchev–Trinajstić information content (AvgIpc) is 2.59. The van der Waals surface area contributed by atoms with E-state index in [0.29, 0.717) is 25.2 Å². The van der Waals surface area contributed by atoms with Crippen molar-refractivity contribution in [2.24, 2.45) is 23.7 Å². The minimum Gasteiger partial charge on any atom is -0.412 e. The fourth-order valence-corrected chi connectivity index (χ4v) is 5.25. The number of halogens is 6. The predicted octanol–water partition coefficient (Wildman–Crippen LogP) is 3.88. The van der Waals surface area contributed by atoms with E-state index in [0.717, 1.165) is 12.8 Å². The van der Waals surface area contributed by atoms with Crippen LogP contribution in [-0.2, 0) is 4.74 Å². The minimum absolute atomic E-state index is 0. The summed E-state index contributed by atoms with van der Waals surface area (Å²) in [5, 5.41) is 0. The van der Waals surface area contributed by atoms with Gasteiger partial charge in [-0.2, -0.15) is 8.78 Å². The van der Waals surface area contributed by atoms with E-state index in [1.807, 2.05) is 6.92 Å². The molecule has 0 spiro atoms. The van der Waals surface area contributed by atoms with Gasteiger partial charge in [0.2, 0.25) is 0 Å². The molecule has 0 aromatic rings. The van der Waals surface area contributed by atoms with Crippen LogP contribution in [0.15, 0.2) is 0 Å². The van der Waals surface area contributed by atoms with E-state index < -0.39 is 55.7 Å².